The molecule has 0 radical (unpaired) electrons. The Morgan fingerprint density at radius 2 is 2.04 bits per heavy atom. The highest BCUT2D eigenvalue weighted by Gasteiger charge is 2.29. The number of carbonyl (C=O) groups excluding carboxylic acids is 1. The van der Waals surface area contributed by atoms with Gasteiger partial charge in [-0.2, -0.15) is 0 Å². The summed E-state index contributed by atoms with van der Waals surface area (Å²) in [7, 11) is 0. The minimum atomic E-state index is -0.184. The standard InChI is InChI=1S/C22H23ClN4O/c1-14-5-4-8-18(23)21(14)27-10-9-20(19(24)13-27)26-22(28)17-12-25-11-15-6-2-3-7-16(15)17/h2-8,11-12,19-20H,9-10,13,24H2,1H3,(H,26,28). The van der Waals surface area contributed by atoms with Gasteiger partial charge in [-0.15, -0.1) is 0 Å². The van der Waals surface area contributed by atoms with Gasteiger partial charge in [-0.3, -0.25) is 9.78 Å². The number of pyridine rings is 1. The highest BCUT2D eigenvalue weighted by Crippen LogP contribution is 2.31. The van der Waals surface area contributed by atoms with Crippen molar-refractivity contribution in [3.63, 3.8) is 0 Å². The Kier molecular flexibility index (Phi) is 5.20. The summed E-state index contributed by atoms with van der Waals surface area (Å²) in [4.78, 5) is 19.3. The lowest BCUT2D eigenvalue weighted by Gasteiger charge is -2.39. The molecule has 1 amide bonds. The van der Waals surface area contributed by atoms with E-state index in [4.69, 9.17) is 17.3 Å². The fourth-order valence-corrected chi connectivity index (χ4v) is 4.27. The third-order valence-electron chi connectivity index (χ3n) is 5.39. The van der Waals surface area contributed by atoms with Crippen molar-refractivity contribution in [3.8, 4) is 0 Å². The number of carbonyl (C=O) groups is 1. The number of hydrogen-bond acceptors (Lipinski definition) is 4. The minimum absolute atomic E-state index is 0.0921. The zero-order valence-corrected chi connectivity index (χ0v) is 16.5. The molecule has 1 aliphatic rings. The van der Waals surface area contributed by atoms with E-state index in [2.05, 4.69) is 15.2 Å². The van der Waals surface area contributed by atoms with Crippen molar-refractivity contribution in [2.24, 2.45) is 5.73 Å². The van der Waals surface area contributed by atoms with Crippen molar-refractivity contribution >= 4 is 34.0 Å². The lowest BCUT2D eigenvalue weighted by Crippen LogP contribution is -2.58. The number of fused-ring (bicyclic) bond motifs is 1. The van der Waals surface area contributed by atoms with E-state index in [-0.39, 0.29) is 18.0 Å². The molecule has 6 heteroatoms. The van der Waals surface area contributed by atoms with Crippen LogP contribution >= 0.6 is 11.6 Å². The van der Waals surface area contributed by atoms with Crippen molar-refractivity contribution in [1.82, 2.24) is 10.3 Å². The first-order valence-electron chi connectivity index (χ1n) is 9.44. The van der Waals surface area contributed by atoms with Crippen LogP contribution in [0.3, 0.4) is 0 Å². The smallest absolute Gasteiger partial charge is 0.253 e. The van der Waals surface area contributed by atoms with Gasteiger partial charge in [-0.25, -0.2) is 0 Å². The lowest BCUT2D eigenvalue weighted by atomic mass is 9.97. The molecular weight excluding hydrogens is 372 g/mol. The first kappa shape index (κ1) is 18.7. The van der Waals surface area contributed by atoms with Crippen molar-refractivity contribution < 1.29 is 4.79 Å². The number of nitrogens with one attached hydrogen (secondary N) is 1. The van der Waals surface area contributed by atoms with Crippen LogP contribution in [0.4, 0.5) is 5.69 Å². The van der Waals surface area contributed by atoms with Crippen LogP contribution in [0.25, 0.3) is 10.8 Å². The van der Waals surface area contributed by atoms with E-state index in [1.807, 2.05) is 49.4 Å². The predicted octanol–water partition coefficient (Wildman–Crippen LogP) is 3.53. The number of nitrogens with two attached hydrogens (primary N) is 1. The van der Waals surface area contributed by atoms with Crippen LogP contribution in [0.5, 0.6) is 0 Å². The van der Waals surface area contributed by atoms with Crippen LogP contribution in [0.1, 0.15) is 22.3 Å². The molecule has 5 nitrogen and oxygen atoms in total. The van der Waals surface area contributed by atoms with Gasteiger partial charge in [0.15, 0.2) is 0 Å². The molecule has 1 aromatic heterocycles. The second-order valence-corrected chi connectivity index (χ2v) is 7.70. The Balaban J connectivity index is 1.49. The summed E-state index contributed by atoms with van der Waals surface area (Å²) < 4.78 is 0. The summed E-state index contributed by atoms with van der Waals surface area (Å²) in [6, 6.07) is 13.4. The average Bonchev–Trinajstić information content (AvgIpc) is 2.69. The highest BCUT2D eigenvalue weighted by molar-refractivity contribution is 6.33. The number of anilines is 1. The topological polar surface area (TPSA) is 71.2 Å². The average molecular weight is 395 g/mol. The van der Waals surface area contributed by atoms with Crippen LogP contribution in [-0.4, -0.2) is 36.1 Å². The normalized spacial score (nSPS) is 19.6. The molecule has 1 saturated heterocycles. The van der Waals surface area contributed by atoms with Gasteiger partial charge in [0.25, 0.3) is 5.91 Å². The van der Waals surface area contributed by atoms with Crippen LogP contribution in [-0.2, 0) is 0 Å². The molecule has 2 atom stereocenters. The monoisotopic (exact) mass is 394 g/mol. The van der Waals surface area contributed by atoms with E-state index in [1.165, 1.54) is 0 Å². The Morgan fingerprint density at radius 1 is 1.21 bits per heavy atom. The molecule has 2 unspecified atom stereocenters. The predicted molar refractivity (Wildman–Crippen MR) is 114 cm³/mol. The summed E-state index contributed by atoms with van der Waals surface area (Å²) in [5.74, 6) is -0.132. The van der Waals surface area contributed by atoms with Crippen LogP contribution < -0.4 is 16.0 Å². The number of rotatable bonds is 3. The van der Waals surface area contributed by atoms with Gasteiger partial charge in [-0.05, 0) is 30.4 Å². The first-order chi connectivity index (χ1) is 13.5. The molecule has 0 saturated carbocycles. The number of benzene rings is 2. The summed E-state index contributed by atoms with van der Waals surface area (Å²) in [6.45, 7) is 3.48. The number of amides is 1. The summed E-state index contributed by atoms with van der Waals surface area (Å²) in [6.07, 6.45) is 4.14. The quantitative estimate of drug-likeness (QED) is 0.712. The third-order valence-corrected chi connectivity index (χ3v) is 5.70. The van der Waals surface area contributed by atoms with Crippen molar-refractivity contribution in [2.75, 3.05) is 18.0 Å². The van der Waals surface area contributed by atoms with Gasteiger partial charge in [0.1, 0.15) is 0 Å². The number of para-hydroxylation sites is 1. The van der Waals surface area contributed by atoms with Crippen molar-refractivity contribution in [3.05, 3.63) is 71.0 Å². The Labute approximate surface area is 169 Å². The molecular formula is C22H23ClN4O. The van der Waals surface area contributed by atoms with Crippen LogP contribution in [0.2, 0.25) is 5.02 Å². The van der Waals surface area contributed by atoms with Gasteiger partial charge in [-0.1, -0.05) is 48.0 Å². The second kappa shape index (κ2) is 7.78. The fraction of sp³-hybridized carbons (Fsp3) is 0.273. The molecule has 0 spiro atoms. The van der Waals surface area contributed by atoms with Crippen molar-refractivity contribution in [1.29, 1.82) is 0 Å². The van der Waals surface area contributed by atoms with Crippen molar-refractivity contribution in [2.45, 2.75) is 25.4 Å². The minimum Gasteiger partial charge on any atom is -0.368 e. The Morgan fingerprint density at radius 3 is 2.82 bits per heavy atom. The summed E-state index contributed by atoms with van der Waals surface area (Å²) in [5.41, 5.74) is 9.17. The number of aromatic nitrogens is 1. The van der Waals surface area contributed by atoms with E-state index in [0.717, 1.165) is 40.0 Å². The fourth-order valence-electron chi connectivity index (χ4n) is 3.93. The zero-order chi connectivity index (χ0) is 19.7. The van der Waals surface area contributed by atoms with E-state index >= 15 is 0 Å². The molecule has 2 heterocycles. The molecule has 4 rings (SSSR count). The molecule has 1 fully saturated rings. The number of aryl methyl sites for hydroxylation is 1. The maximum absolute atomic E-state index is 12.9. The number of halogens is 1. The molecule has 3 aromatic rings. The number of nitrogens with zero attached hydrogens (tertiary/aromatic N) is 2. The number of hydrogen-bond donors (Lipinski definition) is 2. The molecule has 0 aliphatic carbocycles. The van der Waals surface area contributed by atoms with Gasteiger partial charge in [0.05, 0.1) is 16.3 Å². The van der Waals surface area contributed by atoms with E-state index in [1.54, 1.807) is 12.4 Å². The second-order valence-electron chi connectivity index (χ2n) is 7.29. The first-order valence-corrected chi connectivity index (χ1v) is 9.81. The maximum Gasteiger partial charge on any atom is 0.253 e. The van der Waals surface area contributed by atoms with Gasteiger partial charge in [0, 0.05) is 43.0 Å². The Bertz CT molecular complexity index is 997. The molecule has 3 N–H and O–H groups in total. The van der Waals surface area contributed by atoms with Gasteiger partial charge in [0.2, 0.25) is 0 Å². The van der Waals surface area contributed by atoms with Crippen LogP contribution in [0, 0.1) is 6.92 Å². The molecule has 28 heavy (non-hydrogen) atoms. The SMILES string of the molecule is Cc1cccc(Cl)c1N1CCC(NC(=O)c2cncc3ccccc23)C(N)C1. The van der Waals surface area contributed by atoms with E-state index in [0.29, 0.717) is 12.1 Å². The van der Waals surface area contributed by atoms with Gasteiger partial charge >= 0.3 is 0 Å². The van der Waals surface area contributed by atoms with Crippen LogP contribution in [0.15, 0.2) is 54.9 Å². The van der Waals surface area contributed by atoms with E-state index in [9.17, 15) is 4.79 Å². The third kappa shape index (κ3) is 3.55. The molecule has 144 valence electrons. The maximum atomic E-state index is 12.9. The number of piperidine rings is 1. The summed E-state index contributed by atoms with van der Waals surface area (Å²) in [5, 5.41) is 5.69. The highest BCUT2D eigenvalue weighted by atomic mass is 35.5. The van der Waals surface area contributed by atoms with Gasteiger partial charge < -0.3 is 16.0 Å². The Hall–Kier alpha value is -2.63. The molecule has 1 aliphatic heterocycles. The molecule has 2 aromatic carbocycles. The zero-order valence-electron chi connectivity index (χ0n) is 15.7. The molecule has 0 bridgehead atoms. The van der Waals surface area contributed by atoms with E-state index < -0.39 is 0 Å². The summed E-state index contributed by atoms with van der Waals surface area (Å²) >= 11 is 6.41. The lowest BCUT2D eigenvalue weighted by molar-refractivity contribution is 0.0927. The largest absolute Gasteiger partial charge is 0.368 e.